The van der Waals surface area contributed by atoms with E-state index in [2.05, 4.69) is 24.6 Å². The van der Waals surface area contributed by atoms with Gasteiger partial charge in [-0.2, -0.15) is 0 Å². The number of anilines is 1. The number of nitrogens with zero attached hydrogens (tertiary/aromatic N) is 3. The van der Waals surface area contributed by atoms with Crippen molar-refractivity contribution in [2.24, 2.45) is 4.99 Å². The van der Waals surface area contributed by atoms with Crippen molar-refractivity contribution in [3.05, 3.63) is 89.6 Å². The Morgan fingerprint density at radius 1 is 0.964 bits per heavy atom. The highest BCUT2D eigenvalue weighted by Crippen LogP contribution is 2.37. The molecular weight excluding hydrogens is 366 g/mol. The molecule has 2 aromatic carbocycles. The molecular formula is C23H21N3OS. The van der Waals surface area contributed by atoms with Crippen LogP contribution in [-0.4, -0.2) is 15.6 Å². The molecule has 4 nitrogen and oxygen atoms in total. The number of aliphatic imine (C=N–C) groups is 1. The topological polar surface area (TPSA) is 37.6 Å². The van der Waals surface area contributed by atoms with Crippen LogP contribution in [0, 0.1) is 0 Å². The molecule has 0 unspecified atom stereocenters. The molecule has 0 atom stereocenters. The number of benzene rings is 2. The monoisotopic (exact) mass is 387 g/mol. The van der Waals surface area contributed by atoms with Crippen molar-refractivity contribution in [3.63, 3.8) is 0 Å². The van der Waals surface area contributed by atoms with Gasteiger partial charge >= 0.3 is 0 Å². The predicted molar refractivity (Wildman–Crippen MR) is 118 cm³/mol. The molecule has 1 aliphatic heterocycles. The maximum atomic E-state index is 13.2. The molecule has 1 aromatic heterocycles. The lowest BCUT2D eigenvalue weighted by molar-refractivity contribution is -0.113. The second kappa shape index (κ2) is 7.90. The van der Waals surface area contributed by atoms with E-state index >= 15 is 0 Å². The Hall–Kier alpha value is -3.05. The van der Waals surface area contributed by atoms with Crippen LogP contribution in [0.15, 0.2) is 89.0 Å². The number of hydrogen-bond acceptors (Lipinski definition) is 3. The van der Waals surface area contributed by atoms with Crippen LogP contribution in [0.5, 0.6) is 0 Å². The highest BCUT2D eigenvalue weighted by molar-refractivity contribution is 8.19. The van der Waals surface area contributed by atoms with E-state index in [-0.39, 0.29) is 5.91 Å². The van der Waals surface area contributed by atoms with Crippen molar-refractivity contribution in [3.8, 4) is 0 Å². The zero-order valence-electron chi connectivity index (χ0n) is 15.8. The molecule has 0 N–H and O–H groups in total. The van der Waals surface area contributed by atoms with E-state index in [1.807, 2.05) is 79.0 Å². The number of thioether (sulfide) groups is 1. The highest BCUT2D eigenvalue weighted by atomic mass is 32.2. The number of amidine groups is 1. The lowest BCUT2D eigenvalue weighted by atomic mass is 10.2. The van der Waals surface area contributed by atoms with Crippen molar-refractivity contribution < 1.29 is 4.79 Å². The first kappa shape index (κ1) is 18.3. The van der Waals surface area contributed by atoms with E-state index in [0.717, 1.165) is 16.9 Å². The van der Waals surface area contributed by atoms with Crippen LogP contribution in [0.2, 0.25) is 0 Å². The van der Waals surface area contributed by atoms with Gasteiger partial charge in [0.1, 0.15) is 0 Å². The minimum absolute atomic E-state index is 0.0526. The lowest BCUT2D eigenvalue weighted by Crippen LogP contribution is -2.28. The molecule has 0 radical (unpaired) electrons. The smallest absolute Gasteiger partial charge is 0.271 e. The second-order valence-corrected chi connectivity index (χ2v) is 7.81. The minimum Gasteiger partial charge on any atom is -0.351 e. The summed E-state index contributed by atoms with van der Waals surface area (Å²) in [6, 6.07) is 21.8. The number of carbonyl (C=O) groups is 1. The highest BCUT2D eigenvalue weighted by Gasteiger charge is 2.34. The Balaban J connectivity index is 1.73. The summed E-state index contributed by atoms with van der Waals surface area (Å²) in [5, 5.41) is 0.664. The van der Waals surface area contributed by atoms with E-state index in [1.54, 1.807) is 4.90 Å². The van der Waals surface area contributed by atoms with E-state index in [1.165, 1.54) is 11.8 Å². The summed E-state index contributed by atoms with van der Waals surface area (Å²) >= 11 is 1.41. The van der Waals surface area contributed by atoms with Gasteiger partial charge in [-0.3, -0.25) is 9.69 Å². The van der Waals surface area contributed by atoms with Crippen LogP contribution in [0.25, 0.3) is 6.08 Å². The standard InChI is InChI=1S/C23H21N3OS/c1-17(2)25-14-13-18(16-25)15-21-22(27)26(20-11-7-4-8-12-20)23(28-21)24-19-9-5-3-6-10-19/h3-17H,1-2H3/b21-15+,24-23?. The fourth-order valence-corrected chi connectivity index (χ4v) is 3.96. The molecule has 4 rings (SSSR count). The third-order valence-electron chi connectivity index (χ3n) is 4.43. The second-order valence-electron chi connectivity index (χ2n) is 6.80. The van der Waals surface area contributed by atoms with Crippen molar-refractivity contribution in [1.29, 1.82) is 0 Å². The number of aromatic nitrogens is 1. The van der Waals surface area contributed by atoms with Gasteiger partial charge in [-0.25, -0.2) is 4.99 Å². The molecule has 0 bridgehead atoms. The molecule has 0 saturated carbocycles. The number of rotatable bonds is 4. The molecule has 0 spiro atoms. The summed E-state index contributed by atoms with van der Waals surface area (Å²) in [6.07, 6.45) is 6.04. The Morgan fingerprint density at radius 2 is 1.64 bits per heavy atom. The summed E-state index contributed by atoms with van der Waals surface area (Å²) < 4.78 is 2.13. The molecule has 28 heavy (non-hydrogen) atoms. The predicted octanol–water partition coefficient (Wildman–Crippen LogP) is 5.88. The Kier molecular flexibility index (Phi) is 5.17. The summed E-state index contributed by atoms with van der Waals surface area (Å²) in [7, 11) is 0. The van der Waals surface area contributed by atoms with Gasteiger partial charge in [0.05, 0.1) is 16.3 Å². The van der Waals surface area contributed by atoms with Gasteiger partial charge in [-0.15, -0.1) is 0 Å². The maximum absolute atomic E-state index is 13.2. The van der Waals surface area contributed by atoms with Gasteiger partial charge in [-0.05, 0) is 67.6 Å². The summed E-state index contributed by atoms with van der Waals surface area (Å²) in [5.41, 5.74) is 2.65. The van der Waals surface area contributed by atoms with Gasteiger partial charge in [0.15, 0.2) is 5.17 Å². The summed E-state index contributed by atoms with van der Waals surface area (Å²) in [4.78, 5) is 20.3. The van der Waals surface area contributed by atoms with Crippen LogP contribution in [0.4, 0.5) is 11.4 Å². The van der Waals surface area contributed by atoms with Gasteiger partial charge < -0.3 is 4.57 Å². The Bertz CT molecular complexity index is 1040. The van der Waals surface area contributed by atoms with Crippen molar-refractivity contribution in [2.75, 3.05) is 4.90 Å². The fraction of sp³-hybridized carbons (Fsp3) is 0.130. The first-order chi connectivity index (χ1) is 13.6. The van der Waals surface area contributed by atoms with E-state index in [0.29, 0.717) is 16.1 Å². The molecule has 5 heteroatoms. The third-order valence-corrected chi connectivity index (χ3v) is 5.40. The van der Waals surface area contributed by atoms with Gasteiger partial charge in [0.2, 0.25) is 0 Å². The Labute approximate surface area is 169 Å². The average Bonchev–Trinajstić information content (AvgIpc) is 3.29. The number of para-hydroxylation sites is 2. The van der Waals surface area contributed by atoms with Crippen molar-refractivity contribution in [2.45, 2.75) is 19.9 Å². The van der Waals surface area contributed by atoms with Crippen molar-refractivity contribution >= 4 is 40.3 Å². The quantitative estimate of drug-likeness (QED) is 0.525. The average molecular weight is 388 g/mol. The largest absolute Gasteiger partial charge is 0.351 e. The van der Waals surface area contributed by atoms with Crippen LogP contribution in [0.1, 0.15) is 25.5 Å². The number of hydrogen-bond donors (Lipinski definition) is 0. The van der Waals surface area contributed by atoms with Gasteiger partial charge in [-0.1, -0.05) is 36.4 Å². The first-order valence-corrected chi connectivity index (χ1v) is 10.0. The summed E-state index contributed by atoms with van der Waals surface area (Å²) in [5.74, 6) is -0.0526. The molecule has 1 aliphatic rings. The minimum atomic E-state index is -0.0526. The molecule has 1 amide bonds. The van der Waals surface area contributed by atoms with Crippen LogP contribution in [0.3, 0.4) is 0 Å². The first-order valence-electron chi connectivity index (χ1n) is 9.22. The SMILES string of the molecule is CC(C)n1ccc(/C=C2/SC(=Nc3ccccc3)N(c3ccccc3)C2=O)c1. The molecule has 1 fully saturated rings. The zero-order chi connectivity index (χ0) is 19.5. The zero-order valence-corrected chi connectivity index (χ0v) is 16.6. The van der Waals surface area contributed by atoms with E-state index in [4.69, 9.17) is 4.99 Å². The van der Waals surface area contributed by atoms with Crippen LogP contribution >= 0.6 is 11.8 Å². The van der Waals surface area contributed by atoms with Crippen molar-refractivity contribution in [1.82, 2.24) is 4.57 Å². The van der Waals surface area contributed by atoms with Crippen LogP contribution in [-0.2, 0) is 4.79 Å². The normalized spacial score (nSPS) is 17.2. The molecule has 140 valence electrons. The third kappa shape index (κ3) is 3.80. The molecule has 1 saturated heterocycles. The molecule has 2 heterocycles. The van der Waals surface area contributed by atoms with Crippen LogP contribution < -0.4 is 4.90 Å². The Morgan fingerprint density at radius 3 is 2.29 bits per heavy atom. The van der Waals surface area contributed by atoms with E-state index < -0.39 is 0 Å². The van der Waals surface area contributed by atoms with E-state index in [9.17, 15) is 4.79 Å². The number of amides is 1. The molecule has 3 aromatic rings. The molecule has 0 aliphatic carbocycles. The lowest BCUT2D eigenvalue weighted by Gasteiger charge is -2.15. The number of carbonyl (C=O) groups excluding carboxylic acids is 1. The fourth-order valence-electron chi connectivity index (χ4n) is 2.95. The maximum Gasteiger partial charge on any atom is 0.271 e. The van der Waals surface area contributed by atoms with Gasteiger partial charge in [0.25, 0.3) is 5.91 Å². The summed E-state index contributed by atoms with van der Waals surface area (Å²) in [6.45, 7) is 4.27. The van der Waals surface area contributed by atoms with Gasteiger partial charge in [0, 0.05) is 18.4 Å².